The summed E-state index contributed by atoms with van der Waals surface area (Å²) in [6.07, 6.45) is 0. The quantitative estimate of drug-likeness (QED) is 0.590. The molecule has 0 spiro atoms. The van der Waals surface area contributed by atoms with E-state index in [1.54, 1.807) is 11.8 Å². The van der Waals surface area contributed by atoms with Crippen LogP contribution < -0.4 is 5.84 Å². The van der Waals surface area contributed by atoms with Gasteiger partial charge in [-0.25, -0.2) is 4.68 Å². The van der Waals surface area contributed by atoms with E-state index in [9.17, 15) is 0 Å². The first kappa shape index (κ1) is 14.0. The molecule has 0 saturated heterocycles. The van der Waals surface area contributed by atoms with Gasteiger partial charge in [0.1, 0.15) is 0 Å². The van der Waals surface area contributed by atoms with Gasteiger partial charge in [0.15, 0.2) is 5.82 Å². The van der Waals surface area contributed by atoms with Gasteiger partial charge in [-0.15, -0.1) is 10.2 Å². The van der Waals surface area contributed by atoms with Crippen LogP contribution in [0.5, 0.6) is 0 Å². The van der Waals surface area contributed by atoms with Crippen molar-refractivity contribution in [1.82, 2.24) is 14.9 Å². The normalized spacial score (nSPS) is 10.7. The summed E-state index contributed by atoms with van der Waals surface area (Å²) in [6, 6.07) is 17.6. The Morgan fingerprint density at radius 2 is 1.71 bits per heavy atom. The number of nitrogens with zero attached hydrogens (tertiary/aromatic N) is 3. The van der Waals surface area contributed by atoms with E-state index in [1.165, 1.54) is 10.2 Å². The van der Waals surface area contributed by atoms with Crippen molar-refractivity contribution in [2.75, 3.05) is 5.84 Å². The van der Waals surface area contributed by atoms with Gasteiger partial charge in [-0.1, -0.05) is 65.8 Å². The Morgan fingerprint density at radius 1 is 1.00 bits per heavy atom. The Morgan fingerprint density at radius 3 is 2.48 bits per heavy atom. The molecule has 0 saturated carbocycles. The van der Waals surface area contributed by atoms with Crippen LogP contribution in [0.3, 0.4) is 0 Å². The second-order valence-electron chi connectivity index (χ2n) is 4.43. The molecule has 0 fully saturated rings. The average Bonchev–Trinajstić information content (AvgIpc) is 2.88. The molecule has 0 aliphatic rings. The summed E-state index contributed by atoms with van der Waals surface area (Å²) < 4.78 is 1.48. The summed E-state index contributed by atoms with van der Waals surface area (Å²) in [7, 11) is 0. The van der Waals surface area contributed by atoms with Gasteiger partial charge in [0, 0.05) is 11.3 Å². The summed E-state index contributed by atoms with van der Waals surface area (Å²) >= 11 is 7.71. The first-order valence-corrected chi connectivity index (χ1v) is 7.74. The zero-order valence-corrected chi connectivity index (χ0v) is 12.7. The van der Waals surface area contributed by atoms with E-state index in [4.69, 9.17) is 17.4 Å². The molecule has 4 nitrogen and oxygen atoms in total. The van der Waals surface area contributed by atoms with Crippen LogP contribution in [0.2, 0.25) is 5.02 Å². The predicted octanol–water partition coefficient (Wildman–Crippen LogP) is 3.60. The number of hydrogen-bond donors (Lipinski definition) is 1. The van der Waals surface area contributed by atoms with E-state index < -0.39 is 0 Å². The highest BCUT2D eigenvalue weighted by Crippen LogP contribution is 2.28. The first-order chi connectivity index (χ1) is 10.3. The van der Waals surface area contributed by atoms with E-state index in [-0.39, 0.29) is 0 Å². The van der Waals surface area contributed by atoms with Crippen molar-refractivity contribution >= 4 is 23.4 Å². The third-order valence-corrected chi connectivity index (χ3v) is 4.33. The minimum Gasteiger partial charge on any atom is -0.335 e. The van der Waals surface area contributed by atoms with Gasteiger partial charge in [-0.2, -0.15) is 0 Å². The van der Waals surface area contributed by atoms with Crippen LogP contribution in [-0.4, -0.2) is 14.9 Å². The maximum absolute atomic E-state index is 6.17. The summed E-state index contributed by atoms with van der Waals surface area (Å²) in [5.74, 6) is 7.44. The smallest absolute Gasteiger partial charge is 0.210 e. The van der Waals surface area contributed by atoms with Crippen LogP contribution in [0, 0.1) is 0 Å². The molecule has 0 radical (unpaired) electrons. The Bertz CT molecular complexity index is 742. The van der Waals surface area contributed by atoms with Crippen LogP contribution >= 0.6 is 23.4 Å². The molecule has 2 N–H and O–H groups in total. The minimum atomic E-state index is 0.566. The second kappa shape index (κ2) is 6.20. The van der Waals surface area contributed by atoms with Crippen molar-refractivity contribution in [3.63, 3.8) is 0 Å². The molecule has 0 aliphatic heterocycles. The second-order valence-corrected chi connectivity index (χ2v) is 5.78. The van der Waals surface area contributed by atoms with Crippen molar-refractivity contribution in [3.8, 4) is 11.4 Å². The topological polar surface area (TPSA) is 56.7 Å². The molecule has 3 aromatic rings. The SMILES string of the molecule is Nn1c(SCc2ccccc2)nnc1-c1ccccc1Cl. The number of aromatic nitrogens is 3. The highest BCUT2D eigenvalue weighted by molar-refractivity contribution is 7.98. The van der Waals surface area contributed by atoms with Gasteiger partial charge in [0.2, 0.25) is 5.16 Å². The van der Waals surface area contributed by atoms with Crippen molar-refractivity contribution in [2.24, 2.45) is 0 Å². The van der Waals surface area contributed by atoms with Gasteiger partial charge >= 0.3 is 0 Å². The van der Waals surface area contributed by atoms with Crippen LogP contribution in [-0.2, 0) is 5.75 Å². The lowest BCUT2D eigenvalue weighted by molar-refractivity contribution is 0.849. The molecule has 0 bridgehead atoms. The molecule has 1 heterocycles. The molecule has 0 unspecified atom stereocenters. The predicted molar refractivity (Wildman–Crippen MR) is 86.6 cm³/mol. The molecular formula is C15H13ClN4S. The monoisotopic (exact) mass is 316 g/mol. The number of nitrogen functional groups attached to an aromatic ring is 1. The van der Waals surface area contributed by atoms with Crippen molar-refractivity contribution in [1.29, 1.82) is 0 Å². The summed E-state index contributed by atoms with van der Waals surface area (Å²) in [4.78, 5) is 0. The van der Waals surface area contributed by atoms with Crippen molar-refractivity contribution < 1.29 is 0 Å². The lowest BCUT2D eigenvalue weighted by Gasteiger charge is -2.05. The summed E-state index contributed by atoms with van der Waals surface area (Å²) in [5, 5.41) is 9.55. The fourth-order valence-electron chi connectivity index (χ4n) is 1.92. The fraction of sp³-hybridized carbons (Fsp3) is 0.0667. The number of thioether (sulfide) groups is 1. The van der Waals surface area contributed by atoms with Gasteiger partial charge in [-0.3, -0.25) is 0 Å². The zero-order valence-electron chi connectivity index (χ0n) is 11.1. The molecule has 6 heteroatoms. The number of hydrogen-bond acceptors (Lipinski definition) is 4. The standard InChI is InChI=1S/C15H13ClN4S/c16-13-9-5-4-8-12(13)14-18-19-15(20(14)17)21-10-11-6-2-1-3-7-11/h1-9H,10,17H2. The molecule has 3 rings (SSSR count). The molecule has 21 heavy (non-hydrogen) atoms. The fourth-order valence-corrected chi connectivity index (χ4v) is 2.96. The van der Waals surface area contributed by atoms with E-state index in [2.05, 4.69) is 22.3 Å². The summed E-state index contributed by atoms with van der Waals surface area (Å²) in [6.45, 7) is 0. The van der Waals surface area contributed by atoms with Crippen LogP contribution in [0.4, 0.5) is 0 Å². The van der Waals surface area contributed by atoms with Crippen molar-refractivity contribution in [2.45, 2.75) is 10.9 Å². The molecule has 0 atom stereocenters. The van der Waals surface area contributed by atoms with Crippen LogP contribution in [0.1, 0.15) is 5.56 Å². The number of benzene rings is 2. The molecule has 2 aromatic carbocycles. The van der Waals surface area contributed by atoms with Crippen LogP contribution in [0.15, 0.2) is 59.8 Å². The average molecular weight is 317 g/mol. The molecule has 0 aliphatic carbocycles. The minimum absolute atomic E-state index is 0.566. The number of nitrogens with two attached hydrogens (primary N) is 1. The Hall–Kier alpha value is -1.98. The Labute approximate surface area is 131 Å². The molecule has 1 aromatic heterocycles. The maximum atomic E-state index is 6.17. The Balaban J connectivity index is 1.82. The van der Waals surface area contributed by atoms with E-state index >= 15 is 0 Å². The van der Waals surface area contributed by atoms with Gasteiger partial charge in [0.05, 0.1) is 5.02 Å². The number of halogens is 1. The van der Waals surface area contributed by atoms with Gasteiger partial charge in [0.25, 0.3) is 0 Å². The van der Waals surface area contributed by atoms with Gasteiger partial charge in [-0.05, 0) is 17.7 Å². The van der Waals surface area contributed by atoms with Crippen LogP contribution in [0.25, 0.3) is 11.4 Å². The Kier molecular flexibility index (Phi) is 4.13. The maximum Gasteiger partial charge on any atom is 0.210 e. The molecular weight excluding hydrogens is 304 g/mol. The molecule has 106 valence electrons. The third kappa shape index (κ3) is 3.04. The van der Waals surface area contributed by atoms with E-state index in [1.807, 2.05) is 42.5 Å². The highest BCUT2D eigenvalue weighted by atomic mass is 35.5. The lowest BCUT2D eigenvalue weighted by atomic mass is 10.2. The van der Waals surface area contributed by atoms with Gasteiger partial charge < -0.3 is 5.84 Å². The van der Waals surface area contributed by atoms with Crippen molar-refractivity contribution in [3.05, 3.63) is 65.2 Å². The molecule has 0 amide bonds. The largest absolute Gasteiger partial charge is 0.335 e. The first-order valence-electron chi connectivity index (χ1n) is 6.38. The zero-order chi connectivity index (χ0) is 14.7. The van der Waals surface area contributed by atoms with E-state index in [0.717, 1.165) is 11.3 Å². The summed E-state index contributed by atoms with van der Waals surface area (Å²) in [5.41, 5.74) is 1.99. The third-order valence-electron chi connectivity index (χ3n) is 2.99. The lowest BCUT2D eigenvalue weighted by Crippen LogP contribution is -2.11. The number of rotatable bonds is 4. The van der Waals surface area contributed by atoms with E-state index in [0.29, 0.717) is 16.0 Å². The highest BCUT2D eigenvalue weighted by Gasteiger charge is 2.14.